The Morgan fingerprint density at radius 1 is 0.469 bits per heavy atom. The largest absolute Gasteiger partial charge is 0.460 e. The predicted octanol–water partition coefficient (Wildman–Crippen LogP) is 13.2. The maximum Gasteiger partial charge on any atom is 0.460 e. The van der Waals surface area contributed by atoms with E-state index in [1.54, 1.807) is 0 Å². The van der Waals surface area contributed by atoms with Gasteiger partial charge in [0.2, 0.25) is 0 Å². The van der Waals surface area contributed by atoms with Crippen molar-refractivity contribution >= 4 is 0 Å². The minimum atomic E-state index is -8.63. The average Bonchev–Trinajstić information content (AvgIpc) is 3.02. The van der Waals surface area contributed by atoms with Crippen LogP contribution in [-0.4, -0.2) is 41.7 Å². The molecule has 49 heavy (non-hydrogen) atoms. The van der Waals surface area contributed by atoms with Crippen molar-refractivity contribution in [2.75, 3.05) is 0 Å². The van der Waals surface area contributed by atoms with Crippen LogP contribution in [0.1, 0.15) is 107 Å². The zero-order chi connectivity index (χ0) is 37.5. The minimum absolute atomic E-state index is 0.107. The summed E-state index contributed by atoms with van der Waals surface area (Å²) in [4.78, 5) is 0. The molecule has 0 unspecified atom stereocenters. The van der Waals surface area contributed by atoms with Crippen molar-refractivity contribution in [1.82, 2.24) is 0 Å². The summed E-state index contributed by atoms with van der Waals surface area (Å²) in [6, 6.07) is 1.79. The van der Waals surface area contributed by atoms with E-state index in [0.29, 0.717) is 30.6 Å². The van der Waals surface area contributed by atoms with Gasteiger partial charge in [0.1, 0.15) is 0 Å². The Morgan fingerprint density at radius 3 is 1.31 bits per heavy atom. The van der Waals surface area contributed by atoms with Gasteiger partial charge >= 0.3 is 47.6 Å². The molecule has 0 atom stereocenters. The maximum atomic E-state index is 14.7. The summed E-state index contributed by atoms with van der Waals surface area (Å²) in [5.41, 5.74) is -1.89. The fourth-order valence-electron chi connectivity index (χ4n) is 7.04. The van der Waals surface area contributed by atoms with Crippen LogP contribution in [0.4, 0.5) is 74.6 Å². The number of alkyl halides is 17. The highest BCUT2D eigenvalue weighted by Gasteiger charge is 2.95. The first-order valence-corrected chi connectivity index (χ1v) is 16.0. The van der Waals surface area contributed by atoms with Crippen LogP contribution in [0.3, 0.4) is 0 Å². The fourth-order valence-corrected chi connectivity index (χ4v) is 7.04. The molecule has 0 amide bonds. The summed E-state index contributed by atoms with van der Waals surface area (Å²) in [6.07, 6.45) is 5.19. The van der Waals surface area contributed by atoms with E-state index in [1.165, 1.54) is 25.7 Å². The molecule has 0 bridgehead atoms. The highest BCUT2D eigenvalue weighted by atomic mass is 19.4. The number of hydrogen-bond acceptors (Lipinski definition) is 0. The zero-order valence-corrected chi connectivity index (χ0v) is 26.2. The smallest absolute Gasteiger partial charge is 0.194 e. The van der Waals surface area contributed by atoms with E-state index in [2.05, 4.69) is 6.92 Å². The molecule has 1 aromatic carbocycles. The van der Waals surface area contributed by atoms with E-state index in [-0.39, 0.29) is 23.6 Å². The third-order valence-electron chi connectivity index (χ3n) is 10.3. The standard InChI is InChI=1S/C32H37F17/c1-2-3-4-5-6-19-7-9-20(10-8-19)21-11-13-22(14-12-21)23-15-17-24(18-16-23)25(33,34)26(35,36)27(37,38)28(39,40)29(41,42)30(43,44)31(45,46)32(47,48)49/h15-22H,2-14H2,1H3. The van der Waals surface area contributed by atoms with Crippen molar-refractivity contribution in [3.8, 4) is 0 Å². The van der Waals surface area contributed by atoms with Crippen LogP contribution < -0.4 is 0 Å². The van der Waals surface area contributed by atoms with Gasteiger partial charge in [-0.3, -0.25) is 0 Å². The van der Waals surface area contributed by atoms with Crippen LogP contribution in [-0.2, 0) is 5.92 Å². The van der Waals surface area contributed by atoms with Gasteiger partial charge in [0.15, 0.2) is 0 Å². The molecule has 1 aromatic rings. The SMILES string of the molecule is CCCCCCC1CCC(C2CCC(c3ccc(C(F)(F)C(F)(F)C(F)(F)C(F)(F)C(F)(F)C(F)(F)C(F)(F)C(F)(F)F)cc3)CC2)CC1. The number of rotatable bonds is 14. The molecule has 0 nitrogen and oxygen atoms in total. The first kappa shape index (κ1) is 41.5. The van der Waals surface area contributed by atoms with Gasteiger partial charge in [-0.2, -0.15) is 74.6 Å². The van der Waals surface area contributed by atoms with Gasteiger partial charge < -0.3 is 0 Å². The van der Waals surface area contributed by atoms with E-state index < -0.39 is 53.2 Å². The first-order chi connectivity index (χ1) is 22.2. The van der Waals surface area contributed by atoms with Crippen molar-refractivity contribution in [3.05, 3.63) is 35.4 Å². The van der Waals surface area contributed by atoms with Crippen LogP contribution in [0, 0.1) is 17.8 Å². The molecule has 2 aliphatic rings. The highest BCUT2D eigenvalue weighted by molar-refractivity contribution is 5.31. The predicted molar refractivity (Wildman–Crippen MR) is 145 cm³/mol. The van der Waals surface area contributed by atoms with E-state index in [0.717, 1.165) is 57.1 Å². The molecule has 2 aliphatic carbocycles. The molecule has 17 heteroatoms. The summed E-state index contributed by atoms with van der Waals surface area (Å²) in [5, 5.41) is 0. The summed E-state index contributed by atoms with van der Waals surface area (Å²) >= 11 is 0. The van der Waals surface area contributed by atoms with E-state index in [1.807, 2.05) is 0 Å². The number of halogens is 17. The lowest BCUT2D eigenvalue weighted by Gasteiger charge is -2.42. The molecule has 0 heterocycles. The summed E-state index contributed by atoms with van der Waals surface area (Å²) in [6.45, 7) is 2.14. The van der Waals surface area contributed by atoms with Crippen LogP contribution >= 0.6 is 0 Å². The monoisotopic (exact) mass is 744 g/mol. The van der Waals surface area contributed by atoms with Crippen molar-refractivity contribution in [1.29, 1.82) is 0 Å². The quantitative estimate of drug-likeness (QED) is 0.131. The highest BCUT2D eigenvalue weighted by Crippen LogP contribution is 2.65. The first-order valence-electron chi connectivity index (χ1n) is 16.0. The van der Waals surface area contributed by atoms with Gasteiger partial charge in [-0.1, -0.05) is 76.1 Å². The Morgan fingerprint density at radius 2 is 0.878 bits per heavy atom. The molecule has 2 saturated carbocycles. The Labute approximate surface area is 272 Å². The van der Waals surface area contributed by atoms with E-state index in [4.69, 9.17) is 0 Å². The molecule has 284 valence electrons. The zero-order valence-electron chi connectivity index (χ0n) is 26.2. The van der Waals surface area contributed by atoms with Gasteiger partial charge in [0, 0.05) is 5.56 Å². The molecule has 0 radical (unpaired) electrons. The topological polar surface area (TPSA) is 0 Å². The van der Waals surface area contributed by atoms with Crippen LogP contribution in [0.25, 0.3) is 0 Å². The van der Waals surface area contributed by atoms with Crippen molar-refractivity contribution in [2.24, 2.45) is 17.8 Å². The molecule has 0 aromatic heterocycles. The summed E-state index contributed by atoms with van der Waals surface area (Å²) < 4.78 is 232. The molecule has 0 aliphatic heterocycles. The van der Waals surface area contributed by atoms with Crippen molar-refractivity contribution < 1.29 is 74.6 Å². The Hall–Kier alpha value is -1.97. The second-order valence-electron chi connectivity index (χ2n) is 13.4. The van der Waals surface area contributed by atoms with Crippen LogP contribution in [0.15, 0.2) is 24.3 Å². The third kappa shape index (κ3) is 7.24. The maximum absolute atomic E-state index is 14.7. The molecule has 3 rings (SSSR count). The number of benzene rings is 1. The Bertz CT molecular complexity index is 1200. The molecule has 0 spiro atoms. The van der Waals surface area contributed by atoms with Gasteiger partial charge in [-0.05, 0) is 67.8 Å². The van der Waals surface area contributed by atoms with E-state index >= 15 is 0 Å². The second kappa shape index (κ2) is 14.2. The molecule has 0 saturated heterocycles. The molecular weight excluding hydrogens is 707 g/mol. The van der Waals surface area contributed by atoms with Gasteiger partial charge in [0.05, 0.1) is 0 Å². The molecule has 2 fully saturated rings. The summed E-state index contributed by atoms with van der Waals surface area (Å²) in [7, 11) is 0. The third-order valence-corrected chi connectivity index (χ3v) is 10.3. The van der Waals surface area contributed by atoms with Gasteiger partial charge in [-0.15, -0.1) is 0 Å². The normalized spacial score (nSPS) is 24.3. The van der Waals surface area contributed by atoms with E-state index in [9.17, 15) is 74.6 Å². The van der Waals surface area contributed by atoms with Gasteiger partial charge in [0.25, 0.3) is 0 Å². The molecule has 0 N–H and O–H groups in total. The minimum Gasteiger partial charge on any atom is -0.194 e. The molecular formula is C32H37F17. The lowest BCUT2D eigenvalue weighted by molar-refractivity contribution is -0.462. The van der Waals surface area contributed by atoms with Crippen LogP contribution in [0.2, 0.25) is 0 Å². The summed E-state index contributed by atoms with van der Waals surface area (Å²) in [5.74, 6) is -55.1. The lowest BCUT2D eigenvalue weighted by Crippen LogP contribution is -2.74. The fraction of sp³-hybridized carbons (Fsp3) is 0.812. The Balaban J connectivity index is 1.71. The Kier molecular flexibility index (Phi) is 12.0. The van der Waals surface area contributed by atoms with Crippen molar-refractivity contribution in [2.45, 2.75) is 144 Å². The average molecular weight is 745 g/mol. The number of unbranched alkanes of at least 4 members (excludes halogenated alkanes) is 3. The van der Waals surface area contributed by atoms with Crippen LogP contribution in [0.5, 0.6) is 0 Å². The van der Waals surface area contributed by atoms with Gasteiger partial charge in [-0.25, -0.2) is 0 Å². The lowest BCUT2D eigenvalue weighted by atomic mass is 9.68. The second-order valence-corrected chi connectivity index (χ2v) is 13.4. The number of hydrogen-bond donors (Lipinski definition) is 0. The van der Waals surface area contributed by atoms with Crippen molar-refractivity contribution in [3.63, 3.8) is 0 Å².